The van der Waals surface area contributed by atoms with Crippen LogP contribution < -0.4 is 0 Å². The number of rotatable bonds is 66. The van der Waals surface area contributed by atoms with Crippen molar-refractivity contribution in [2.24, 2.45) is 0 Å². The lowest BCUT2D eigenvalue weighted by atomic mass is 10.0. The fraction of sp³-hybridized carbons (Fsp3) is 0.779. The Bertz CT molecular complexity index is 1570. The van der Waals surface area contributed by atoms with E-state index in [1.165, 1.54) is 218 Å². The lowest BCUT2D eigenvalue weighted by Gasteiger charge is -2.18. The van der Waals surface area contributed by atoms with Crippen molar-refractivity contribution in [3.63, 3.8) is 0 Å². The molecular weight excluding hydrogens is 1020 g/mol. The third kappa shape index (κ3) is 69.3. The summed E-state index contributed by atoms with van der Waals surface area (Å²) in [7, 11) is 0. The Kier molecular flexibility index (Phi) is 68.2. The maximum atomic E-state index is 12.9. The molecule has 0 aromatic carbocycles. The Morgan fingerprint density at radius 1 is 0.253 bits per heavy atom. The topological polar surface area (TPSA) is 78.9 Å². The van der Waals surface area contributed by atoms with Crippen LogP contribution in [0.3, 0.4) is 0 Å². The Hall–Kier alpha value is -3.41. The van der Waals surface area contributed by atoms with Crippen LogP contribution in [0.2, 0.25) is 0 Å². The van der Waals surface area contributed by atoms with E-state index in [1.807, 2.05) is 0 Å². The molecular formula is C77H136O6. The monoisotopic (exact) mass is 1160 g/mol. The molecule has 0 aliphatic rings. The molecule has 0 fully saturated rings. The molecule has 0 heterocycles. The van der Waals surface area contributed by atoms with Gasteiger partial charge in [0.05, 0.1) is 0 Å². The van der Waals surface area contributed by atoms with E-state index in [9.17, 15) is 14.4 Å². The van der Waals surface area contributed by atoms with Gasteiger partial charge < -0.3 is 14.2 Å². The van der Waals surface area contributed by atoms with Crippen LogP contribution in [0.15, 0.2) is 85.1 Å². The number of unbranched alkanes of at least 4 members (excludes halogenated alkanes) is 41. The highest BCUT2D eigenvalue weighted by Gasteiger charge is 2.19. The lowest BCUT2D eigenvalue weighted by Crippen LogP contribution is -2.30. The molecule has 6 nitrogen and oxygen atoms in total. The predicted molar refractivity (Wildman–Crippen MR) is 362 cm³/mol. The zero-order valence-corrected chi connectivity index (χ0v) is 55.2. The van der Waals surface area contributed by atoms with E-state index in [0.717, 1.165) is 109 Å². The molecule has 0 N–H and O–H groups in total. The van der Waals surface area contributed by atoms with Crippen LogP contribution in [0.25, 0.3) is 0 Å². The molecule has 0 saturated heterocycles. The third-order valence-electron chi connectivity index (χ3n) is 15.9. The summed E-state index contributed by atoms with van der Waals surface area (Å²) >= 11 is 0. The number of hydrogen-bond acceptors (Lipinski definition) is 6. The van der Waals surface area contributed by atoms with Crippen molar-refractivity contribution in [1.82, 2.24) is 0 Å². The summed E-state index contributed by atoms with van der Waals surface area (Å²) in [4.78, 5) is 38.3. The van der Waals surface area contributed by atoms with E-state index in [0.29, 0.717) is 19.3 Å². The minimum absolute atomic E-state index is 0.0757. The second-order valence-corrected chi connectivity index (χ2v) is 24.1. The van der Waals surface area contributed by atoms with Gasteiger partial charge in [-0.1, -0.05) is 356 Å². The van der Waals surface area contributed by atoms with E-state index in [-0.39, 0.29) is 31.1 Å². The molecule has 0 aliphatic heterocycles. The molecule has 0 spiro atoms. The van der Waals surface area contributed by atoms with Crippen LogP contribution >= 0.6 is 0 Å². The number of esters is 3. The zero-order chi connectivity index (χ0) is 59.9. The first-order valence-corrected chi connectivity index (χ1v) is 36.1. The van der Waals surface area contributed by atoms with Gasteiger partial charge in [-0.25, -0.2) is 0 Å². The number of hydrogen-bond donors (Lipinski definition) is 0. The maximum Gasteiger partial charge on any atom is 0.306 e. The molecule has 0 saturated carbocycles. The van der Waals surface area contributed by atoms with Crippen LogP contribution in [0.4, 0.5) is 0 Å². The first-order chi connectivity index (χ1) is 41.0. The van der Waals surface area contributed by atoms with Gasteiger partial charge in [-0.05, 0) is 77.0 Å². The molecule has 0 radical (unpaired) electrons. The van der Waals surface area contributed by atoms with E-state index in [2.05, 4.69) is 106 Å². The molecule has 83 heavy (non-hydrogen) atoms. The Balaban J connectivity index is 4.12. The summed E-state index contributed by atoms with van der Waals surface area (Å²) in [6, 6.07) is 0. The molecule has 1 atom stereocenters. The first kappa shape index (κ1) is 79.6. The molecule has 0 amide bonds. The van der Waals surface area contributed by atoms with Gasteiger partial charge in [0, 0.05) is 19.3 Å². The standard InChI is InChI=1S/C77H136O6/c1-4-7-10-13-16-19-21-23-25-27-29-31-33-35-37-39-41-42-44-46-48-50-52-54-56-58-61-64-67-70-76(79)82-73-74(72-81-75(78)69-66-63-60-18-15-12-9-6-3)83-77(80)71-68-65-62-59-57-55-53-51-49-47-45-43-40-38-36-34-32-30-28-26-24-22-20-17-14-11-8-5-2/h7,10,16,19,23,25,29,31,35,37,41-42,46,48,74H,4-6,8-9,11-15,17-18,20-22,24,26-28,30,32-34,36,38-40,43-45,47,49-73H2,1-3H3/b10-7-,19-16-,25-23-,31-29-,37-35-,42-41-,48-46-. The zero-order valence-electron chi connectivity index (χ0n) is 55.2. The van der Waals surface area contributed by atoms with Gasteiger partial charge >= 0.3 is 17.9 Å². The smallest absolute Gasteiger partial charge is 0.306 e. The van der Waals surface area contributed by atoms with Crippen molar-refractivity contribution < 1.29 is 28.6 Å². The SMILES string of the molecule is CC/C=C\C/C=C\C/C=C\C/C=C\C/C=C\C/C=C\C/C=C\CCCCCCCCCC(=O)OCC(COC(=O)CCCCCCCCCC)OC(=O)CCCCCCCCCCCCCCCCCCCCCCCCCCCCCC. The molecule has 0 aromatic rings. The van der Waals surface area contributed by atoms with Crippen LogP contribution in [-0.2, 0) is 28.6 Å². The summed E-state index contributed by atoms with van der Waals surface area (Å²) in [5.74, 6) is -0.873. The van der Waals surface area contributed by atoms with E-state index < -0.39 is 6.10 Å². The van der Waals surface area contributed by atoms with Crippen molar-refractivity contribution in [2.45, 2.75) is 374 Å². The minimum Gasteiger partial charge on any atom is -0.462 e. The van der Waals surface area contributed by atoms with Crippen molar-refractivity contribution >= 4 is 17.9 Å². The average molecular weight is 1160 g/mol. The highest BCUT2D eigenvalue weighted by molar-refractivity contribution is 5.71. The van der Waals surface area contributed by atoms with Gasteiger partial charge in [0.1, 0.15) is 13.2 Å². The Morgan fingerprint density at radius 3 is 0.735 bits per heavy atom. The summed E-state index contributed by atoms with van der Waals surface area (Å²) in [6.07, 6.45) is 95.0. The van der Waals surface area contributed by atoms with E-state index in [4.69, 9.17) is 14.2 Å². The van der Waals surface area contributed by atoms with Gasteiger partial charge in [0.25, 0.3) is 0 Å². The second-order valence-electron chi connectivity index (χ2n) is 24.1. The van der Waals surface area contributed by atoms with Gasteiger partial charge in [0.15, 0.2) is 6.10 Å². The number of ether oxygens (including phenoxy) is 3. The lowest BCUT2D eigenvalue weighted by molar-refractivity contribution is -0.167. The third-order valence-corrected chi connectivity index (χ3v) is 15.9. The number of allylic oxidation sites excluding steroid dienone is 14. The summed E-state index contributed by atoms with van der Waals surface area (Å²) in [6.45, 7) is 6.54. The van der Waals surface area contributed by atoms with E-state index in [1.54, 1.807) is 0 Å². The predicted octanol–water partition coefficient (Wildman–Crippen LogP) is 25.0. The van der Waals surface area contributed by atoms with Crippen molar-refractivity contribution in [1.29, 1.82) is 0 Å². The Morgan fingerprint density at radius 2 is 0.470 bits per heavy atom. The molecule has 0 aromatic heterocycles. The van der Waals surface area contributed by atoms with Crippen LogP contribution in [0, 0.1) is 0 Å². The van der Waals surface area contributed by atoms with E-state index >= 15 is 0 Å². The van der Waals surface area contributed by atoms with Crippen LogP contribution in [0.5, 0.6) is 0 Å². The molecule has 1 unspecified atom stereocenters. The fourth-order valence-corrected chi connectivity index (χ4v) is 10.5. The molecule has 0 rings (SSSR count). The van der Waals surface area contributed by atoms with Gasteiger partial charge in [-0.15, -0.1) is 0 Å². The molecule has 0 bridgehead atoms. The summed E-state index contributed by atoms with van der Waals surface area (Å²) in [5.41, 5.74) is 0. The first-order valence-electron chi connectivity index (χ1n) is 36.1. The maximum absolute atomic E-state index is 12.9. The number of carbonyl (C=O) groups excluding carboxylic acids is 3. The van der Waals surface area contributed by atoms with Gasteiger partial charge in [-0.2, -0.15) is 0 Å². The number of carbonyl (C=O) groups is 3. The summed E-state index contributed by atoms with van der Waals surface area (Å²) < 4.78 is 16.9. The summed E-state index contributed by atoms with van der Waals surface area (Å²) in [5, 5.41) is 0. The van der Waals surface area contributed by atoms with Gasteiger partial charge in [0.2, 0.25) is 0 Å². The highest BCUT2D eigenvalue weighted by Crippen LogP contribution is 2.18. The molecule has 480 valence electrons. The van der Waals surface area contributed by atoms with Crippen LogP contribution in [-0.4, -0.2) is 37.2 Å². The van der Waals surface area contributed by atoms with Crippen molar-refractivity contribution in [2.75, 3.05) is 13.2 Å². The largest absolute Gasteiger partial charge is 0.462 e. The molecule has 0 aliphatic carbocycles. The normalized spacial score (nSPS) is 12.6. The minimum atomic E-state index is -0.778. The Labute approximate surface area is 515 Å². The molecule has 6 heteroatoms. The fourth-order valence-electron chi connectivity index (χ4n) is 10.5. The van der Waals surface area contributed by atoms with Gasteiger partial charge in [-0.3, -0.25) is 14.4 Å². The van der Waals surface area contributed by atoms with Crippen LogP contribution in [0.1, 0.15) is 367 Å². The average Bonchev–Trinajstić information content (AvgIpc) is 3.49. The van der Waals surface area contributed by atoms with Crippen molar-refractivity contribution in [3.8, 4) is 0 Å². The second kappa shape index (κ2) is 71.1. The highest BCUT2D eigenvalue weighted by atomic mass is 16.6. The quantitative estimate of drug-likeness (QED) is 0.0261. The van der Waals surface area contributed by atoms with Crippen molar-refractivity contribution in [3.05, 3.63) is 85.1 Å².